The number of aliphatic hydroxyl groups excluding tert-OH is 1. The minimum absolute atomic E-state index is 0.0559. The number of anilines is 1. The van der Waals surface area contributed by atoms with Crippen LogP contribution in [0.5, 0.6) is 5.75 Å². The van der Waals surface area contributed by atoms with Crippen molar-refractivity contribution in [2.45, 2.75) is 64.9 Å². The first-order valence-electron chi connectivity index (χ1n) is 11.8. The van der Waals surface area contributed by atoms with E-state index in [0.29, 0.717) is 0 Å². The number of hydrogen-bond donors (Lipinski definition) is 3. The highest BCUT2D eigenvalue weighted by atomic mass is 19.4. The summed E-state index contributed by atoms with van der Waals surface area (Å²) in [7, 11) is 1.63. The number of alkyl halides is 3. The molecule has 1 aromatic rings. The molecule has 1 heterocycles. The van der Waals surface area contributed by atoms with Gasteiger partial charge in [0.1, 0.15) is 11.9 Å². The van der Waals surface area contributed by atoms with Crippen molar-refractivity contribution >= 4 is 23.5 Å². The molecule has 9 nitrogen and oxygen atoms in total. The Hall–Kier alpha value is -3.02. The molecule has 0 unspecified atom stereocenters. The highest BCUT2D eigenvalue weighted by Gasteiger charge is 2.34. The van der Waals surface area contributed by atoms with Crippen LogP contribution in [0.4, 0.5) is 23.7 Å². The van der Waals surface area contributed by atoms with Crippen LogP contribution in [0.1, 0.15) is 50.9 Å². The maximum atomic E-state index is 13.4. The zero-order valence-corrected chi connectivity index (χ0v) is 21.2. The Morgan fingerprint density at radius 1 is 1.28 bits per heavy atom. The van der Waals surface area contributed by atoms with Gasteiger partial charge >= 0.3 is 12.2 Å². The number of halogens is 3. The second kappa shape index (κ2) is 12.3. The summed E-state index contributed by atoms with van der Waals surface area (Å²) < 4.78 is 43.5. The lowest BCUT2D eigenvalue weighted by molar-refractivity contribution is -0.142. The Bertz CT molecular complexity index is 941. The quantitative estimate of drug-likeness (QED) is 0.491. The second-order valence-corrected chi connectivity index (χ2v) is 9.48. The van der Waals surface area contributed by atoms with Crippen molar-refractivity contribution in [3.05, 3.63) is 23.8 Å². The SMILES string of the molecule is CC(C)NC(=O)N(C)C[C@@H]1Oc2ccc(NC(=O)CCC(F)(F)F)cc2C(=O)N([C@H](C)CO)C[C@H]1C. The fourth-order valence-electron chi connectivity index (χ4n) is 3.71. The molecule has 202 valence electrons. The highest BCUT2D eigenvalue weighted by molar-refractivity contribution is 5.99. The number of fused-ring (bicyclic) bond motifs is 1. The van der Waals surface area contributed by atoms with E-state index < -0.39 is 43.0 Å². The van der Waals surface area contributed by atoms with Gasteiger partial charge in [-0.1, -0.05) is 6.92 Å². The number of urea groups is 1. The summed E-state index contributed by atoms with van der Waals surface area (Å²) in [5.74, 6) is -1.30. The minimum atomic E-state index is -4.46. The fraction of sp³-hybridized carbons (Fsp3) is 0.625. The largest absolute Gasteiger partial charge is 0.487 e. The molecule has 0 bridgehead atoms. The van der Waals surface area contributed by atoms with Gasteiger partial charge in [-0.3, -0.25) is 9.59 Å². The molecule has 0 aromatic heterocycles. The fourth-order valence-corrected chi connectivity index (χ4v) is 3.71. The lowest BCUT2D eigenvalue weighted by atomic mass is 9.99. The van der Waals surface area contributed by atoms with E-state index in [1.54, 1.807) is 14.0 Å². The number of ether oxygens (including phenoxy) is 1. The Balaban J connectivity index is 2.34. The number of carbonyl (C=O) groups is 3. The number of benzene rings is 1. The van der Waals surface area contributed by atoms with Gasteiger partial charge in [-0.2, -0.15) is 13.2 Å². The third-order valence-corrected chi connectivity index (χ3v) is 5.80. The zero-order valence-electron chi connectivity index (χ0n) is 21.2. The van der Waals surface area contributed by atoms with Crippen LogP contribution in [0.2, 0.25) is 0 Å². The van der Waals surface area contributed by atoms with Crippen LogP contribution in [0.3, 0.4) is 0 Å². The van der Waals surface area contributed by atoms with E-state index in [0.717, 1.165) is 0 Å². The zero-order chi connectivity index (χ0) is 27.2. The number of nitrogens with zero attached hydrogens (tertiary/aromatic N) is 2. The summed E-state index contributed by atoms with van der Waals surface area (Å²) in [5.41, 5.74) is 0.239. The first-order chi connectivity index (χ1) is 16.7. The summed E-state index contributed by atoms with van der Waals surface area (Å²) in [6.07, 6.45) is -6.98. The lowest BCUT2D eigenvalue weighted by Crippen LogP contribution is -2.51. The number of amides is 4. The van der Waals surface area contributed by atoms with E-state index in [-0.39, 0.29) is 54.7 Å². The van der Waals surface area contributed by atoms with E-state index in [1.807, 2.05) is 20.8 Å². The third kappa shape index (κ3) is 8.28. The highest BCUT2D eigenvalue weighted by Crippen LogP contribution is 2.31. The summed E-state index contributed by atoms with van der Waals surface area (Å²) in [5, 5.41) is 14.9. The molecular weight excluding hydrogens is 481 g/mol. The molecule has 0 fully saturated rings. The molecule has 2 rings (SSSR count). The van der Waals surface area contributed by atoms with Crippen molar-refractivity contribution in [2.75, 3.05) is 32.1 Å². The molecule has 0 aliphatic carbocycles. The van der Waals surface area contributed by atoms with E-state index >= 15 is 0 Å². The Morgan fingerprint density at radius 3 is 2.53 bits per heavy atom. The average Bonchev–Trinajstić information content (AvgIpc) is 2.78. The smallest absolute Gasteiger partial charge is 0.389 e. The van der Waals surface area contributed by atoms with Gasteiger partial charge < -0.3 is 30.3 Å². The molecule has 1 aliphatic heterocycles. The topological polar surface area (TPSA) is 111 Å². The molecule has 36 heavy (non-hydrogen) atoms. The summed E-state index contributed by atoms with van der Waals surface area (Å²) >= 11 is 0. The molecule has 0 radical (unpaired) electrons. The van der Waals surface area contributed by atoms with E-state index in [9.17, 15) is 32.7 Å². The van der Waals surface area contributed by atoms with Gasteiger partial charge in [0.15, 0.2) is 0 Å². The van der Waals surface area contributed by atoms with Crippen LogP contribution in [-0.2, 0) is 4.79 Å². The number of aliphatic hydroxyl groups is 1. The minimum Gasteiger partial charge on any atom is -0.487 e. The van der Waals surface area contributed by atoms with Crippen molar-refractivity contribution in [1.82, 2.24) is 15.1 Å². The number of rotatable bonds is 8. The first-order valence-corrected chi connectivity index (χ1v) is 11.8. The average molecular weight is 517 g/mol. The number of nitrogens with one attached hydrogen (secondary N) is 2. The summed E-state index contributed by atoms with van der Waals surface area (Å²) in [6, 6.07) is 3.39. The van der Waals surface area contributed by atoms with Gasteiger partial charge in [0.05, 0.1) is 31.2 Å². The normalized spacial score (nSPS) is 19.1. The van der Waals surface area contributed by atoms with Crippen LogP contribution >= 0.6 is 0 Å². The molecule has 3 atom stereocenters. The van der Waals surface area contributed by atoms with Crippen LogP contribution in [0, 0.1) is 5.92 Å². The van der Waals surface area contributed by atoms with Crippen LogP contribution in [-0.4, -0.2) is 83.9 Å². The second-order valence-electron chi connectivity index (χ2n) is 9.48. The molecule has 1 aromatic carbocycles. The van der Waals surface area contributed by atoms with Gasteiger partial charge in [0, 0.05) is 37.7 Å². The maximum Gasteiger partial charge on any atom is 0.389 e. The summed E-state index contributed by atoms with van der Waals surface area (Å²) in [6.45, 7) is 7.41. The standard InChI is InChI=1S/C24H35F3N4O5/c1-14(2)28-23(35)30(5)12-20-15(3)11-31(16(4)13-32)22(34)18-10-17(6-7-19(18)36-20)29-21(33)8-9-24(25,26)27/h6-7,10,14-16,20,32H,8-9,11-13H2,1-5H3,(H,28,35)(H,29,33)/t15-,16-,20+/m1/s1. The monoisotopic (exact) mass is 516 g/mol. The molecule has 12 heteroatoms. The predicted octanol–water partition coefficient (Wildman–Crippen LogP) is 3.24. The van der Waals surface area contributed by atoms with Gasteiger partial charge in [-0.25, -0.2) is 4.79 Å². The first kappa shape index (κ1) is 29.2. The number of hydrogen-bond acceptors (Lipinski definition) is 5. The van der Waals surface area contributed by atoms with Crippen LogP contribution in [0.15, 0.2) is 18.2 Å². The molecule has 4 amide bonds. The number of carbonyl (C=O) groups excluding carboxylic acids is 3. The summed E-state index contributed by atoms with van der Waals surface area (Å²) in [4.78, 5) is 40.8. The van der Waals surface area contributed by atoms with Crippen LogP contribution < -0.4 is 15.4 Å². The van der Waals surface area contributed by atoms with Gasteiger partial charge in [-0.05, 0) is 39.0 Å². The molecule has 0 saturated heterocycles. The molecule has 3 N–H and O–H groups in total. The Kier molecular flexibility index (Phi) is 9.97. The van der Waals surface area contributed by atoms with E-state index in [2.05, 4.69) is 10.6 Å². The maximum absolute atomic E-state index is 13.4. The Labute approximate surface area is 209 Å². The van der Waals surface area contributed by atoms with Crippen molar-refractivity contribution in [1.29, 1.82) is 0 Å². The van der Waals surface area contributed by atoms with Gasteiger partial charge in [0.25, 0.3) is 5.91 Å². The van der Waals surface area contributed by atoms with Crippen LogP contribution in [0.25, 0.3) is 0 Å². The van der Waals surface area contributed by atoms with Crippen molar-refractivity contribution in [2.24, 2.45) is 5.92 Å². The predicted molar refractivity (Wildman–Crippen MR) is 128 cm³/mol. The molecule has 1 aliphatic rings. The van der Waals surface area contributed by atoms with E-state index in [1.165, 1.54) is 28.0 Å². The lowest BCUT2D eigenvalue weighted by Gasteiger charge is -2.38. The van der Waals surface area contributed by atoms with Crippen molar-refractivity contribution in [3.63, 3.8) is 0 Å². The van der Waals surface area contributed by atoms with Gasteiger partial charge in [-0.15, -0.1) is 0 Å². The van der Waals surface area contributed by atoms with Crippen molar-refractivity contribution < 1.29 is 37.4 Å². The van der Waals surface area contributed by atoms with Crippen molar-refractivity contribution in [3.8, 4) is 5.75 Å². The Morgan fingerprint density at radius 2 is 1.94 bits per heavy atom. The molecule has 0 spiro atoms. The number of likely N-dealkylation sites (N-methyl/N-ethyl adjacent to an activating group) is 1. The van der Waals surface area contributed by atoms with Gasteiger partial charge in [0.2, 0.25) is 5.91 Å². The molecular formula is C24H35F3N4O5. The molecule has 0 saturated carbocycles. The third-order valence-electron chi connectivity index (χ3n) is 5.80. The van der Waals surface area contributed by atoms with E-state index in [4.69, 9.17) is 4.74 Å².